The number of thiophene rings is 1. The molecule has 132 valence electrons. The number of carbonyl (C=O) groups is 3. The molecule has 7 heteroatoms. The summed E-state index contributed by atoms with van der Waals surface area (Å²) < 4.78 is 4.83. The molecule has 2 rings (SSSR count). The molecule has 0 aliphatic carbocycles. The van der Waals surface area contributed by atoms with E-state index in [4.69, 9.17) is 4.74 Å². The van der Waals surface area contributed by atoms with Crippen LogP contribution in [0.5, 0.6) is 0 Å². The SMILES string of the molecule is CCOC(=O)CCC(=O)N1CCC(NC(=O)Cc2cccs2)CC1. The standard InChI is InChI=1S/C17H24N2O4S/c1-2-23-17(22)6-5-16(21)19-9-7-13(8-10-19)18-15(20)12-14-4-3-11-24-14/h3-4,11,13H,2,5-10,12H2,1H3,(H,18,20). The molecule has 2 heterocycles. The lowest BCUT2D eigenvalue weighted by Crippen LogP contribution is -2.46. The van der Waals surface area contributed by atoms with E-state index in [1.807, 2.05) is 17.5 Å². The zero-order valence-electron chi connectivity index (χ0n) is 14.0. The molecule has 24 heavy (non-hydrogen) atoms. The van der Waals surface area contributed by atoms with Crippen molar-refractivity contribution in [2.45, 2.75) is 45.1 Å². The summed E-state index contributed by atoms with van der Waals surface area (Å²) in [5.41, 5.74) is 0. The molecule has 0 unspecified atom stereocenters. The Balaban J connectivity index is 1.66. The first-order valence-electron chi connectivity index (χ1n) is 8.33. The van der Waals surface area contributed by atoms with E-state index in [2.05, 4.69) is 5.32 Å². The molecule has 0 atom stereocenters. The van der Waals surface area contributed by atoms with Gasteiger partial charge in [0.1, 0.15) is 0 Å². The summed E-state index contributed by atoms with van der Waals surface area (Å²) in [6, 6.07) is 4.01. The van der Waals surface area contributed by atoms with Gasteiger partial charge in [-0.05, 0) is 31.2 Å². The van der Waals surface area contributed by atoms with Gasteiger partial charge >= 0.3 is 5.97 Å². The predicted octanol–water partition coefficient (Wildman–Crippen LogP) is 1.74. The van der Waals surface area contributed by atoms with E-state index >= 15 is 0 Å². The summed E-state index contributed by atoms with van der Waals surface area (Å²) in [7, 11) is 0. The largest absolute Gasteiger partial charge is 0.466 e. The Labute approximate surface area is 146 Å². The van der Waals surface area contributed by atoms with Crippen molar-refractivity contribution < 1.29 is 19.1 Å². The van der Waals surface area contributed by atoms with E-state index in [0.717, 1.165) is 17.7 Å². The fraction of sp³-hybridized carbons (Fsp3) is 0.588. The predicted molar refractivity (Wildman–Crippen MR) is 91.6 cm³/mol. The maximum absolute atomic E-state index is 12.1. The van der Waals surface area contributed by atoms with Crippen molar-refractivity contribution in [1.82, 2.24) is 10.2 Å². The molecular formula is C17H24N2O4S. The van der Waals surface area contributed by atoms with Crippen molar-refractivity contribution in [2.75, 3.05) is 19.7 Å². The van der Waals surface area contributed by atoms with Crippen LogP contribution >= 0.6 is 11.3 Å². The molecule has 6 nitrogen and oxygen atoms in total. The van der Waals surface area contributed by atoms with Gasteiger partial charge in [0.05, 0.1) is 19.4 Å². The zero-order chi connectivity index (χ0) is 17.4. The van der Waals surface area contributed by atoms with Gasteiger partial charge in [-0.25, -0.2) is 0 Å². The minimum atomic E-state index is -0.332. The number of hydrogen-bond acceptors (Lipinski definition) is 5. The Morgan fingerprint density at radius 2 is 2.04 bits per heavy atom. The number of piperidine rings is 1. The summed E-state index contributed by atoms with van der Waals surface area (Å²) in [4.78, 5) is 38.2. The van der Waals surface area contributed by atoms with Crippen LogP contribution in [0.1, 0.15) is 37.5 Å². The highest BCUT2D eigenvalue weighted by Crippen LogP contribution is 2.14. The van der Waals surface area contributed by atoms with Gasteiger partial charge in [0.15, 0.2) is 0 Å². The minimum Gasteiger partial charge on any atom is -0.466 e. The summed E-state index contributed by atoms with van der Waals surface area (Å²) in [6.07, 6.45) is 2.23. The van der Waals surface area contributed by atoms with Gasteiger partial charge < -0.3 is 15.0 Å². The molecule has 0 bridgehead atoms. The van der Waals surface area contributed by atoms with E-state index < -0.39 is 0 Å². The molecule has 1 N–H and O–H groups in total. The van der Waals surface area contributed by atoms with E-state index in [-0.39, 0.29) is 36.7 Å². The normalized spacial score (nSPS) is 15.1. The van der Waals surface area contributed by atoms with Crippen LogP contribution < -0.4 is 5.32 Å². The van der Waals surface area contributed by atoms with Gasteiger partial charge in [-0.2, -0.15) is 0 Å². The average Bonchev–Trinajstić information content (AvgIpc) is 3.06. The monoisotopic (exact) mass is 352 g/mol. The summed E-state index contributed by atoms with van der Waals surface area (Å²) in [5.74, 6) is -0.322. The van der Waals surface area contributed by atoms with Gasteiger partial charge in [-0.15, -0.1) is 11.3 Å². The highest BCUT2D eigenvalue weighted by molar-refractivity contribution is 7.10. The Hall–Kier alpha value is -1.89. The van der Waals surface area contributed by atoms with Crippen LogP contribution in [0.25, 0.3) is 0 Å². The molecule has 2 amide bonds. The smallest absolute Gasteiger partial charge is 0.306 e. The molecule has 0 spiro atoms. The van der Waals surface area contributed by atoms with Crippen molar-refractivity contribution in [1.29, 1.82) is 0 Å². The van der Waals surface area contributed by atoms with Crippen LogP contribution in [0.3, 0.4) is 0 Å². The topological polar surface area (TPSA) is 75.7 Å². The lowest BCUT2D eigenvalue weighted by Gasteiger charge is -2.32. The molecule has 1 aliphatic rings. The Kier molecular flexibility index (Phi) is 7.24. The molecule has 0 saturated carbocycles. The third kappa shape index (κ3) is 5.96. The van der Waals surface area contributed by atoms with E-state index in [1.165, 1.54) is 0 Å². The molecule has 1 aromatic rings. The lowest BCUT2D eigenvalue weighted by atomic mass is 10.0. The van der Waals surface area contributed by atoms with E-state index in [1.54, 1.807) is 23.2 Å². The van der Waals surface area contributed by atoms with Crippen LogP contribution in [0.15, 0.2) is 17.5 Å². The van der Waals surface area contributed by atoms with Crippen molar-refractivity contribution >= 4 is 29.1 Å². The number of nitrogens with zero attached hydrogens (tertiary/aromatic N) is 1. The molecule has 0 aromatic carbocycles. The van der Waals surface area contributed by atoms with Crippen molar-refractivity contribution in [3.63, 3.8) is 0 Å². The second kappa shape index (κ2) is 9.42. The zero-order valence-corrected chi connectivity index (χ0v) is 14.8. The first-order valence-corrected chi connectivity index (χ1v) is 9.21. The van der Waals surface area contributed by atoms with Crippen LogP contribution in [0, 0.1) is 0 Å². The fourth-order valence-corrected chi connectivity index (χ4v) is 3.43. The van der Waals surface area contributed by atoms with Crippen molar-refractivity contribution in [2.24, 2.45) is 0 Å². The summed E-state index contributed by atoms with van der Waals surface area (Å²) >= 11 is 1.58. The quantitative estimate of drug-likeness (QED) is 0.759. The highest BCUT2D eigenvalue weighted by atomic mass is 32.1. The Bertz CT molecular complexity index is 551. The lowest BCUT2D eigenvalue weighted by molar-refractivity contribution is -0.146. The third-order valence-electron chi connectivity index (χ3n) is 3.98. The Morgan fingerprint density at radius 3 is 2.67 bits per heavy atom. The second-order valence-corrected chi connectivity index (χ2v) is 6.82. The number of hydrogen-bond donors (Lipinski definition) is 1. The first-order chi connectivity index (χ1) is 11.6. The van der Waals surface area contributed by atoms with Crippen LogP contribution in [0.4, 0.5) is 0 Å². The highest BCUT2D eigenvalue weighted by Gasteiger charge is 2.24. The van der Waals surface area contributed by atoms with Gasteiger partial charge in [-0.3, -0.25) is 14.4 Å². The molecule has 1 aromatic heterocycles. The Morgan fingerprint density at radius 1 is 1.29 bits per heavy atom. The van der Waals surface area contributed by atoms with Gasteiger partial charge in [0.2, 0.25) is 11.8 Å². The van der Waals surface area contributed by atoms with Crippen LogP contribution in [0.2, 0.25) is 0 Å². The number of carbonyl (C=O) groups excluding carboxylic acids is 3. The maximum atomic E-state index is 12.1. The molecule has 1 fully saturated rings. The van der Waals surface area contributed by atoms with E-state index in [9.17, 15) is 14.4 Å². The number of likely N-dealkylation sites (tertiary alicyclic amines) is 1. The van der Waals surface area contributed by atoms with Crippen LogP contribution in [-0.2, 0) is 25.5 Å². The van der Waals surface area contributed by atoms with Gasteiger partial charge in [0.25, 0.3) is 0 Å². The molecule has 0 radical (unpaired) electrons. The number of rotatable bonds is 7. The van der Waals surface area contributed by atoms with Gasteiger partial charge in [-0.1, -0.05) is 6.07 Å². The summed E-state index contributed by atoms with van der Waals surface area (Å²) in [5, 5.41) is 5.00. The number of esters is 1. The first kappa shape index (κ1) is 18.4. The molecular weight excluding hydrogens is 328 g/mol. The fourth-order valence-electron chi connectivity index (χ4n) is 2.72. The van der Waals surface area contributed by atoms with Crippen molar-refractivity contribution in [3.05, 3.63) is 22.4 Å². The summed E-state index contributed by atoms with van der Waals surface area (Å²) in [6.45, 7) is 3.32. The number of nitrogens with one attached hydrogen (secondary N) is 1. The molecule has 1 aliphatic heterocycles. The maximum Gasteiger partial charge on any atom is 0.306 e. The van der Waals surface area contributed by atoms with Gasteiger partial charge in [0, 0.05) is 30.4 Å². The van der Waals surface area contributed by atoms with Crippen LogP contribution in [-0.4, -0.2) is 48.4 Å². The minimum absolute atomic E-state index is 0.0218. The second-order valence-electron chi connectivity index (χ2n) is 5.78. The van der Waals surface area contributed by atoms with E-state index in [0.29, 0.717) is 26.1 Å². The average molecular weight is 352 g/mol. The number of ether oxygens (including phenoxy) is 1. The third-order valence-corrected chi connectivity index (χ3v) is 4.85. The molecule has 1 saturated heterocycles. The number of amides is 2. The van der Waals surface area contributed by atoms with Crippen molar-refractivity contribution in [3.8, 4) is 0 Å².